The lowest BCUT2D eigenvalue weighted by Crippen LogP contribution is -2.37. The first-order valence-electron chi connectivity index (χ1n) is 8.52. The lowest BCUT2D eigenvalue weighted by Gasteiger charge is -2.26. The Hall–Kier alpha value is -1.58. The maximum atomic E-state index is 6.08. The predicted octanol–water partition coefficient (Wildman–Crippen LogP) is 4.54. The number of para-hydroxylation sites is 1. The molecule has 0 saturated carbocycles. The van der Waals surface area contributed by atoms with Gasteiger partial charge in [0.25, 0.3) is 0 Å². The summed E-state index contributed by atoms with van der Waals surface area (Å²) in [7, 11) is 0. The Bertz CT molecular complexity index is 962. The van der Waals surface area contributed by atoms with Gasteiger partial charge in [0.2, 0.25) is 0 Å². The molecule has 0 radical (unpaired) electrons. The molecule has 1 aliphatic heterocycles. The highest BCUT2D eigenvalue weighted by Crippen LogP contribution is 2.31. The Kier molecular flexibility index (Phi) is 6.78. The number of benzene rings is 2. The van der Waals surface area contributed by atoms with Crippen LogP contribution in [0.15, 0.2) is 47.5 Å². The van der Waals surface area contributed by atoms with Crippen molar-refractivity contribution in [2.45, 2.75) is 18.9 Å². The van der Waals surface area contributed by atoms with Gasteiger partial charge in [0, 0.05) is 30.0 Å². The van der Waals surface area contributed by atoms with Crippen molar-refractivity contribution in [2.24, 2.45) is 10.7 Å². The number of rotatable bonds is 4. The summed E-state index contributed by atoms with van der Waals surface area (Å²) in [6.07, 6.45) is 1.62. The van der Waals surface area contributed by atoms with E-state index in [0.29, 0.717) is 24.1 Å². The number of aromatic nitrogens is 1. The van der Waals surface area contributed by atoms with Crippen molar-refractivity contribution in [3.05, 3.63) is 58.1 Å². The van der Waals surface area contributed by atoms with Crippen LogP contribution in [0, 0.1) is 0 Å². The Morgan fingerprint density at radius 1 is 1.33 bits per heavy atom. The number of fused-ring (bicyclic) bond motifs is 2. The summed E-state index contributed by atoms with van der Waals surface area (Å²) in [5.41, 5.74) is 8.15. The van der Waals surface area contributed by atoms with Crippen molar-refractivity contribution >= 4 is 63.1 Å². The lowest BCUT2D eigenvalue weighted by atomic mass is 10.0. The third-order valence-corrected chi connectivity index (χ3v) is 5.61. The minimum absolute atomic E-state index is 0. The van der Waals surface area contributed by atoms with Crippen LogP contribution < -0.4 is 15.8 Å². The molecule has 27 heavy (non-hydrogen) atoms. The summed E-state index contributed by atoms with van der Waals surface area (Å²) >= 11 is 7.68. The van der Waals surface area contributed by atoms with E-state index in [1.54, 1.807) is 11.3 Å². The standard InChI is InChI=1S/C19H19ClN4OS.HI/c20-12-5-6-17-15(11-12)23-18(26-17)7-9-22-19(21)24-14-8-10-25-16-4-2-1-3-13(14)16;/h1-6,11,14H,7-10H2,(H3,21,22,24);1H. The number of aliphatic imine (C=N–C) groups is 1. The van der Waals surface area contributed by atoms with Crippen LogP contribution in [-0.4, -0.2) is 24.1 Å². The second-order valence-corrected chi connectivity index (χ2v) is 7.66. The van der Waals surface area contributed by atoms with E-state index in [4.69, 9.17) is 22.1 Å². The van der Waals surface area contributed by atoms with E-state index in [2.05, 4.69) is 21.4 Å². The Morgan fingerprint density at radius 2 is 2.19 bits per heavy atom. The molecule has 5 nitrogen and oxygen atoms in total. The number of hydrogen-bond acceptors (Lipinski definition) is 4. The van der Waals surface area contributed by atoms with Crippen LogP contribution in [0.3, 0.4) is 0 Å². The number of guanidine groups is 1. The van der Waals surface area contributed by atoms with Crippen molar-refractivity contribution in [2.75, 3.05) is 13.2 Å². The summed E-state index contributed by atoms with van der Waals surface area (Å²) in [5.74, 6) is 1.37. The quantitative estimate of drug-likeness (QED) is 0.305. The monoisotopic (exact) mass is 514 g/mol. The van der Waals surface area contributed by atoms with Crippen molar-refractivity contribution < 1.29 is 4.74 Å². The van der Waals surface area contributed by atoms with Gasteiger partial charge in [-0.1, -0.05) is 29.8 Å². The minimum atomic E-state index is 0. The molecule has 2 heterocycles. The molecule has 1 aromatic heterocycles. The average Bonchev–Trinajstić information content (AvgIpc) is 3.04. The SMILES string of the molecule is I.NC(=NCCc1nc2cc(Cl)ccc2s1)NC1CCOc2ccccc21. The van der Waals surface area contributed by atoms with Gasteiger partial charge in [-0.2, -0.15) is 0 Å². The molecule has 3 N–H and O–H groups in total. The fraction of sp³-hybridized carbons (Fsp3) is 0.263. The highest BCUT2D eigenvalue weighted by molar-refractivity contribution is 14.0. The first-order chi connectivity index (χ1) is 12.7. The highest BCUT2D eigenvalue weighted by Gasteiger charge is 2.21. The molecule has 1 atom stereocenters. The summed E-state index contributed by atoms with van der Waals surface area (Å²) in [4.78, 5) is 9.06. The molecule has 0 amide bonds. The first kappa shape index (κ1) is 20.2. The molecule has 1 unspecified atom stereocenters. The van der Waals surface area contributed by atoms with Crippen LogP contribution in [0.1, 0.15) is 23.0 Å². The Morgan fingerprint density at radius 3 is 3.07 bits per heavy atom. The molecular weight excluding hydrogens is 495 g/mol. The molecule has 2 aromatic carbocycles. The Labute approximate surface area is 184 Å². The van der Waals surface area contributed by atoms with Crippen LogP contribution in [0.5, 0.6) is 5.75 Å². The predicted molar refractivity (Wildman–Crippen MR) is 123 cm³/mol. The number of nitrogens with one attached hydrogen (secondary N) is 1. The number of halogens is 2. The van der Waals surface area contributed by atoms with Gasteiger partial charge in [0.15, 0.2) is 5.96 Å². The van der Waals surface area contributed by atoms with Crippen LogP contribution in [0.4, 0.5) is 0 Å². The molecule has 1 aliphatic rings. The van der Waals surface area contributed by atoms with Crippen molar-refractivity contribution in [3.8, 4) is 5.75 Å². The second-order valence-electron chi connectivity index (χ2n) is 6.11. The fourth-order valence-corrected chi connectivity index (χ4v) is 4.15. The van der Waals surface area contributed by atoms with Gasteiger partial charge < -0.3 is 15.8 Å². The number of hydrogen-bond donors (Lipinski definition) is 2. The van der Waals surface area contributed by atoms with Crippen LogP contribution in [0.2, 0.25) is 5.02 Å². The van der Waals surface area contributed by atoms with Crippen molar-refractivity contribution in [3.63, 3.8) is 0 Å². The van der Waals surface area contributed by atoms with E-state index in [0.717, 1.165) is 39.4 Å². The van der Waals surface area contributed by atoms with Gasteiger partial charge in [-0.3, -0.25) is 4.99 Å². The molecule has 0 bridgehead atoms. The summed E-state index contributed by atoms with van der Waals surface area (Å²) in [6.45, 7) is 1.27. The molecule has 142 valence electrons. The van der Waals surface area contributed by atoms with Crippen LogP contribution in [0.25, 0.3) is 10.2 Å². The largest absolute Gasteiger partial charge is 0.493 e. The second kappa shape index (κ2) is 9.07. The smallest absolute Gasteiger partial charge is 0.189 e. The highest BCUT2D eigenvalue weighted by atomic mass is 127. The zero-order valence-electron chi connectivity index (χ0n) is 14.5. The Balaban J connectivity index is 0.00000210. The molecule has 0 saturated heterocycles. The third kappa shape index (κ3) is 4.83. The number of thiazole rings is 1. The first-order valence-corrected chi connectivity index (χ1v) is 9.71. The zero-order valence-corrected chi connectivity index (χ0v) is 18.4. The minimum Gasteiger partial charge on any atom is -0.493 e. The fourth-order valence-electron chi connectivity index (χ4n) is 3.04. The molecule has 4 rings (SSSR count). The molecule has 0 fully saturated rings. The van der Waals surface area contributed by atoms with Crippen molar-refractivity contribution in [1.29, 1.82) is 0 Å². The van der Waals surface area contributed by atoms with Gasteiger partial charge >= 0.3 is 0 Å². The van der Waals surface area contributed by atoms with E-state index in [-0.39, 0.29) is 30.0 Å². The molecule has 0 spiro atoms. The van der Waals surface area contributed by atoms with Gasteiger partial charge in [0.05, 0.1) is 27.9 Å². The maximum Gasteiger partial charge on any atom is 0.189 e. The number of nitrogens with two attached hydrogens (primary N) is 1. The van der Waals surface area contributed by atoms with Crippen LogP contribution >= 0.6 is 46.9 Å². The summed E-state index contributed by atoms with van der Waals surface area (Å²) in [6, 6.07) is 13.9. The van der Waals surface area contributed by atoms with E-state index >= 15 is 0 Å². The summed E-state index contributed by atoms with van der Waals surface area (Å²) in [5, 5.41) is 5.05. The normalized spacial score (nSPS) is 16.3. The average molecular weight is 515 g/mol. The molecule has 3 aromatic rings. The maximum absolute atomic E-state index is 6.08. The van der Waals surface area contributed by atoms with Gasteiger partial charge in [0.1, 0.15) is 5.75 Å². The van der Waals surface area contributed by atoms with Gasteiger partial charge in [-0.15, -0.1) is 35.3 Å². The van der Waals surface area contributed by atoms with Crippen molar-refractivity contribution in [1.82, 2.24) is 10.3 Å². The van der Waals surface area contributed by atoms with Crippen LogP contribution in [-0.2, 0) is 6.42 Å². The zero-order chi connectivity index (χ0) is 17.9. The van der Waals surface area contributed by atoms with Gasteiger partial charge in [-0.05, 0) is 24.3 Å². The number of ether oxygens (including phenoxy) is 1. The van der Waals surface area contributed by atoms with E-state index in [1.165, 1.54) is 0 Å². The summed E-state index contributed by atoms with van der Waals surface area (Å²) < 4.78 is 6.81. The molecule has 0 aliphatic carbocycles. The van der Waals surface area contributed by atoms with E-state index in [9.17, 15) is 0 Å². The molecular formula is C19H20ClIN4OS. The third-order valence-electron chi connectivity index (χ3n) is 4.28. The number of nitrogens with zero attached hydrogens (tertiary/aromatic N) is 2. The lowest BCUT2D eigenvalue weighted by molar-refractivity contribution is 0.262. The topological polar surface area (TPSA) is 72.5 Å². The van der Waals surface area contributed by atoms with E-state index < -0.39 is 0 Å². The van der Waals surface area contributed by atoms with Gasteiger partial charge in [-0.25, -0.2) is 4.98 Å². The molecule has 8 heteroatoms. The van der Waals surface area contributed by atoms with E-state index in [1.807, 2.05) is 36.4 Å².